The van der Waals surface area contributed by atoms with Gasteiger partial charge in [-0.2, -0.15) is 0 Å². The van der Waals surface area contributed by atoms with Gasteiger partial charge in [0.15, 0.2) is 6.10 Å². The number of anilines is 1. The van der Waals surface area contributed by atoms with E-state index in [1.165, 1.54) is 0 Å². The van der Waals surface area contributed by atoms with E-state index in [4.69, 9.17) is 16.3 Å². The Hall–Kier alpha value is -2.53. The van der Waals surface area contributed by atoms with Gasteiger partial charge in [-0.15, -0.1) is 0 Å². The largest absolute Gasteiger partial charge is 0.481 e. The molecule has 2 amide bonds. The molecule has 0 aliphatic carbocycles. The molecule has 24 heavy (non-hydrogen) atoms. The van der Waals surface area contributed by atoms with Gasteiger partial charge >= 0.3 is 0 Å². The summed E-state index contributed by atoms with van der Waals surface area (Å²) in [5, 5.41) is 5.94. The lowest BCUT2D eigenvalue weighted by Gasteiger charge is -2.15. The number of rotatable bonds is 5. The van der Waals surface area contributed by atoms with Crippen molar-refractivity contribution in [3.63, 3.8) is 0 Å². The molecule has 0 saturated heterocycles. The Balaban J connectivity index is 1.98. The summed E-state index contributed by atoms with van der Waals surface area (Å²) >= 11 is 5.97. The zero-order valence-electron chi connectivity index (χ0n) is 13.7. The van der Waals surface area contributed by atoms with Crippen LogP contribution in [0.2, 0.25) is 5.02 Å². The number of aryl methyl sites for hydroxylation is 1. The summed E-state index contributed by atoms with van der Waals surface area (Å²) in [7, 11) is 1.56. The van der Waals surface area contributed by atoms with Crippen LogP contribution in [0.4, 0.5) is 5.69 Å². The van der Waals surface area contributed by atoms with Crippen molar-refractivity contribution in [2.45, 2.75) is 20.0 Å². The van der Waals surface area contributed by atoms with Crippen molar-refractivity contribution >= 4 is 29.1 Å². The van der Waals surface area contributed by atoms with Gasteiger partial charge in [0.1, 0.15) is 5.75 Å². The van der Waals surface area contributed by atoms with Crippen LogP contribution in [-0.2, 0) is 4.79 Å². The lowest BCUT2D eigenvalue weighted by atomic mass is 10.2. The van der Waals surface area contributed by atoms with Gasteiger partial charge in [-0.05, 0) is 61.9 Å². The minimum atomic E-state index is -0.677. The molecule has 6 heteroatoms. The van der Waals surface area contributed by atoms with E-state index in [0.717, 1.165) is 5.56 Å². The highest BCUT2D eigenvalue weighted by Gasteiger charge is 2.15. The number of benzene rings is 2. The molecule has 0 radical (unpaired) electrons. The van der Waals surface area contributed by atoms with Gasteiger partial charge in [-0.25, -0.2) is 0 Å². The quantitative estimate of drug-likeness (QED) is 0.871. The third-order valence-electron chi connectivity index (χ3n) is 3.45. The SMILES string of the molecule is CNC(=O)c1ccc(NC(=O)C(C)Oc2ccc(Cl)c(C)c2)cc1. The molecule has 0 saturated carbocycles. The van der Waals surface area contributed by atoms with E-state index < -0.39 is 6.10 Å². The second-order valence-electron chi connectivity index (χ2n) is 5.32. The van der Waals surface area contributed by atoms with Crippen LogP contribution in [0.5, 0.6) is 5.75 Å². The fourth-order valence-corrected chi connectivity index (χ4v) is 2.16. The number of hydrogen-bond donors (Lipinski definition) is 2. The van der Waals surface area contributed by atoms with E-state index in [0.29, 0.717) is 22.0 Å². The molecule has 2 N–H and O–H groups in total. The predicted molar refractivity (Wildman–Crippen MR) is 94.7 cm³/mol. The molecule has 2 rings (SSSR count). The number of carbonyl (C=O) groups is 2. The first-order chi connectivity index (χ1) is 11.4. The van der Waals surface area contributed by atoms with Crippen molar-refractivity contribution in [2.75, 3.05) is 12.4 Å². The summed E-state index contributed by atoms with van der Waals surface area (Å²) in [6.07, 6.45) is -0.677. The Labute approximate surface area is 146 Å². The maximum absolute atomic E-state index is 12.2. The van der Waals surface area contributed by atoms with Crippen LogP contribution in [0.15, 0.2) is 42.5 Å². The Bertz CT molecular complexity index is 744. The van der Waals surface area contributed by atoms with Crippen molar-refractivity contribution in [1.82, 2.24) is 5.32 Å². The molecule has 1 atom stereocenters. The first-order valence-electron chi connectivity index (χ1n) is 7.46. The van der Waals surface area contributed by atoms with E-state index in [-0.39, 0.29) is 11.8 Å². The minimum Gasteiger partial charge on any atom is -0.481 e. The summed E-state index contributed by atoms with van der Waals surface area (Å²) in [6.45, 7) is 3.53. The van der Waals surface area contributed by atoms with Gasteiger partial charge in [0.2, 0.25) is 0 Å². The van der Waals surface area contributed by atoms with Gasteiger partial charge in [-0.3, -0.25) is 9.59 Å². The highest BCUT2D eigenvalue weighted by molar-refractivity contribution is 6.31. The monoisotopic (exact) mass is 346 g/mol. The van der Waals surface area contributed by atoms with Crippen molar-refractivity contribution in [2.24, 2.45) is 0 Å². The van der Waals surface area contributed by atoms with Crippen LogP contribution in [0.1, 0.15) is 22.8 Å². The number of ether oxygens (including phenoxy) is 1. The molecular formula is C18H19ClN2O3. The highest BCUT2D eigenvalue weighted by atomic mass is 35.5. The maximum atomic E-state index is 12.2. The number of carbonyl (C=O) groups excluding carboxylic acids is 2. The Morgan fingerprint density at radius 3 is 2.38 bits per heavy atom. The topological polar surface area (TPSA) is 67.4 Å². The number of hydrogen-bond acceptors (Lipinski definition) is 3. The molecule has 0 bridgehead atoms. The summed E-state index contributed by atoms with van der Waals surface area (Å²) in [5.41, 5.74) is 2.00. The first-order valence-corrected chi connectivity index (χ1v) is 7.84. The molecule has 0 aliphatic heterocycles. The molecule has 5 nitrogen and oxygen atoms in total. The molecule has 2 aromatic carbocycles. The molecular weight excluding hydrogens is 328 g/mol. The summed E-state index contributed by atoms with van der Waals surface area (Å²) in [6, 6.07) is 11.9. The van der Waals surface area contributed by atoms with Crippen molar-refractivity contribution in [3.8, 4) is 5.75 Å². The average Bonchev–Trinajstić information content (AvgIpc) is 2.58. The second kappa shape index (κ2) is 7.84. The molecule has 0 aliphatic rings. The van der Waals surface area contributed by atoms with Gasteiger partial charge < -0.3 is 15.4 Å². The van der Waals surface area contributed by atoms with Crippen LogP contribution in [-0.4, -0.2) is 25.0 Å². The first kappa shape index (κ1) is 17.8. The van der Waals surface area contributed by atoms with E-state index in [2.05, 4.69) is 10.6 Å². The molecule has 0 spiro atoms. The molecule has 0 heterocycles. The molecule has 0 fully saturated rings. The normalized spacial score (nSPS) is 11.5. The molecule has 1 unspecified atom stereocenters. The molecule has 2 aromatic rings. The van der Waals surface area contributed by atoms with Gasteiger partial charge in [0.25, 0.3) is 11.8 Å². The minimum absolute atomic E-state index is 0.178. The molecule has 126 valence electrons. The Kier molecular flexibility index (Phi) is 5.82. The fourth-order valence-electron chi connectivity index (χ4n) is 2.04. The second-order valence-corrected chi connectivity index (χ2v) is 5.72. The van der Waals surface area contributed by atoms with Gasteiger partial charge in [0.05, 0.1) is 0 Å². The van der Waals surface area contributed by atoms with Crippen LogP contribution in [0.25, 0.3) is 0 Å². The molecule has 0 aromatic heterocycles. The van der Waals surface area contributed by atoms with E-state index in [1.54, 1.807) is 56.4 Å². The van der Waals surface area contributed by atoms with Gasteiger partial charge in [-0.1, -0.05) is 11.6 Å². The van der Waals surface area contributed by atoms with Crippen molar-refractivity contribution in [1.29, 1.82) is 0 Å². The third-order valence-corrected chi connectivity index (χ3v) is 3.88. The lowest BCUT2D eigenvalue weighted by Crippen LogP contribution is -2.30. The summed E-state index contributed by atoms with van der Waals surface area (Å²) in [5.74, 6) is 0.118. The zero-order chi connectivity index (χ0) is 17.7. The fraction of sp³-hybridized carbons (Fsp3) is 0.222. The van der Waals surface area contributed by atoms with Gasteiger partial charge in [0, 0.05) is 23.3 Å². The maximum Gasteiger partial charge on any atom is 0.265 e. The number of nitrogens with one attached hydrogen (secondary N) is 2. The van der Waals surface area contributed by atoms with E-state index >= 15 is 0 Å². The van der Waals surface area contributed by atoms with Crippen LogP contribution >= 0.6 is 11.6 Å². The van der Waals surface area contributed by atoms with Crippen molar-refractivity contribution < 1.29 is 14.3 Å². The summed E-state index contributed by atoms with van der Waals surface area (Å²) in [4.78, 5) is 23.7. The summed E-state index contributed by atoms with van der Waals surface area (Å²) < 4.78 is 5.63. The van der Waals surface area contributed by atoms with Crippen molar-refractivity contribution in [3.05, 3.63) is 58.6 Å². The van der Waals surface area contributed by atoms with Crippen LogP contribution in [0, 0.1) is 6.92 Å². The Morgan fingerprint density at radius 2 is 1.79 bits per heavy atom. The zero-order valence-corrected chi connectivity index (χ0v) is 14.5. The predicted octanol–water partition coefficient (Wildman–Crippen LogP) is 3.41. The third kappa shape index (κ3) is 4.49. The standard InChI is InChI=1S/C18H19ClN2O3/c1-11-10-15(8-9-16(11)19)24-12(2)17(22)21-14-6-4-13(5-7-14)18(23)20-3/h4-10,12H,1-3H3,(H,20,23)(H,21,22). The average molecular weight is 347 g/mol. The van der Waals surface area contributed by atoms with E-state index in [9.17, 15) is 9.59 Å². The highest BCUT2D eigenvalue weighted by Crippen LogP contribution is 2.22. The smallest absolute Gasteiger partial charge is 0.265 e. The van der Waals surface area contributed by atoms with Crippen LogP contribution in [0.3, 0.4) is 0 Å². The van der Waals surface area contributed by atoms with Crippen LogP contribution < -0.4 is 15.4 Å². The lowest BCUT2D eigenvalue weighted by molar-refractivity contribution is -0.122. The van der Waals surface area contributed by atoms with E-state index in [1.807, 2.05) is 6.92 Å². The number of halogens is 1. The Morgan fingerprint density at radius 1 is 1.12 bits per heavy atom. The number of amides is 2.